The zero-order valence-corrected chi connectivity index (χ0v) is 15.4. The molecule has 2 aromatic rings. The van der Waals surface area contributed by atoms with Crippen molar-refractivity contribution in [3.63, 3.8) is 0 Å². The SMILES string of the molecule is CN(/N=C(\CCCOC(=O)Nc1ccccc1)c1ccccc1)C(N)=S. The van der Waals surface area contributed by atoms with Crippen LogP contribution >= 0.6 is 12.2 Å². The Balaban J connectivity index is 1.87. The molecule has 0 bridgehead atoms. The maximum Gasteiger partial charge on any atom is 0.411 e. The van der Waals surface area contributed by atoms with Gasteiger partial charge in [0.15, 0.2) is 5.11 Å². The largest absolute Gasteiger partial charge is 0.449 e. The van der Waals surface area contributed by atoms with Gasteiger partial charge >= 0.3 is 6.09 Å². The fourth-order valence-electron chi connectivity index (χ4n) is 2.19. The quantitative estimate of drug-likeness (QED) is 0.337. The van der Waals surface area contributed by atoms with E-state index in [9.17, 15) is 4.79 Å². The lowest BCUT2D eigenvalue weighted by Crippen LogP contribution is -2.28. The number of amides is 1. The average molecular weight is 370 g/mol. The summed E-state index contributed by atoms with van der Waals surface area (Å²) in [5, 5.41) is 8.78. The molecule has 7 heteroatoms. The molecule has 26 heavy (non-hydrogen) atoms. The maximum atomic E-state index is 11.8. The van der Waals surface area contributed by atoms with Gasteiger partial charge in [-0.05, 0) is 42.8 Å². The standard InChI is InChI=1S/C19H22N4O2S/c1-23(18(20)26)22-17(15-9-4-2-5-10-15)13-8-14-25-19(24)21-16-11-6-3-7-12-16/h2-7,9-12H,8,13-14H2,1H3,(H2,20,26)(H,21,24)/b22-17+. The van der Waals surface area contributed by atoms with Gasteiger partial charge in [0.1, 0.15) is 0 Å². The summed E-state index contributed by atoms with van der Waals surface area (Å²) < 4.78 is 5.22. The molecule has 1 amide bonds. The summed E-state index contributed by atoms with van der Waals surface area (Å²) in [6.45, 7) is 0.279. The Bertz CT molecular complexity index is 751. The highest BCUT2D eigenvalue weighted by Crippen LogP contribution is 2.09. The number of nitrogens with zero attached hydrogens (tertiary/aromatic N) is 2. The van der Waals surface area contributed by atoms with E-state index in [4.69, 9.17) is 22.7 Å². The molecule has 3 N–H and O–H groups in total. The van der Waals surface area contributed by atoms with Crippen molar-refractivity contribution < 1.29 is 9.53 Å². The fourth-order valence-corrected chi connectivity index (χ4v) is 2.23. The molecule has 0 unspecified atom stereocenters. The van der Waals surface area contributed by atoms with Crippen molar-refractivity contribution in [2.75, 3.05) is 19.0 Å². The Kier molecular flexibility index (Phi) is 7.57. The van der Waals surface area contributed by atoms with Gasteiger partial charge in [-0.15, -0.1) is 0 Å². The number of ether oxygens (including phenoxy) is 1. The zero-order chi connectivity index (χ0) is 18.8. The first-order valence-electron chi connectivity index (χ1n) is 8.21. The molecule has 2 rings (SSSR count). The normalized spacial score (nSPS) is 10.9. The molecular weight excluding hydrogens is 348 g/mol. The number of carbonyl (C=O) groups excluding carboxylic acids is 1. The Morgan fingerprint density at radius 1 is 1.15 bits per heavy atom. The van der Waals surface area contributed by atoms with E-state index in [0.717, 1.165) is 11.3 Å². The van der Waals surface area contributed by atoms with E-state index in [0.29, 0.717) is 18.5 Å². The van der Waals surface area contributed by atoms with Crippen molar-refractivity contribution in [3.8, 4) is 0 Å². The number of hydrazone groups is 1. The van der Waals surface area contributed by atoms with E-state index in [1.165, 1.54) is 5.01 Å². The summed E-state index contributed by atoms with van der Waals surface area (Å²) in [5.41, 5.74) is 8.10. The molecule has 0 aliphatic rings. The van der Waals surface area contributed by atoms with Gasteiger partial charge in [0, 0.05) is 12.7 Å². The van der Waals surface area contributed by atoms with Crippen LogP contribution in [0.1, 0.15) is 18.4 Å². The van der Waals surface area contributed by atoms with Crippen molar-refractivity contribution in [2.45, 2.75) is 12.8 Å². The highest BCUT2D eigenvalue weighted by atomic mass is 32.1. The molecule has 0 spiro atoms. The molecule has 0 saturated heterocycles. The van der Waals surface area contributed by atoms with Crippen molar-refractivity contribution in [1.29, 1.82) is 0 Å². The minimum Gasteiger partial charge on any atom is -0.449 e. The molecule has 0 aromatic heterocycles. The summed E-state index contributed by atoms with van der Waals surface area (Å²) in [5.74, 6) is 0. The van der Waals surface area contributed by atoms with E-state index < -0.39 is 6.09 Å². The number of hydrogen-bond donors (Lipinski definition) is 2. The lowest BCUT2D eigenvalue weighted by Gasteiger charge is -2.14. The smallest absolute Gasteiger partial charge is 0.411 e. The van der Waals surface area contributed by atoms with Gasteiger partial charge in [0.25, 0.3) is 0 Å². The van der Waals surface area contributed by atoms with Gasteiger partial charge in [-0.3, -0.25) is 5.32 Å². The third-order valence-corrected chi connectivity index (χ3v) is 3.77. The predicted octanol–water partition coefficient (Wildman–Crippen LogP) is 3.60. The molecule has 0 aliphatic heterocycles. The van der Waals surface area contributed by atoms with Crippen molar-refractivity contribution in [2.24, 2.45) is 10.8 Å². The van der Waals surface area contributed by atoms with Crippen molar-refractivity contribution >= 4 is 34.8 Å². The van der Waals surface area contributed by atoms with Crippen molar-refractivity contribution in [1.82, 2.24) is 5.01 Å². The van der Waals surface area contributed by atoms with Crippen LogP contribution in [-0.4, -0.2) is 35.6 Å². The predicted molar refractivity (Wildman–Crippen MR) is 108 cm³/mol. The van der Waals surface area contributed by atoms with Gasteiger partial charge in [0.2, 0.25) is 0 Å². The van der Waals surface area contributed by atoms with E-state index in [-0.39, 0.29) is 11.7 Å². The van der Waals surface area contributed by atoms with Gasteiger partial charge in [-0.25, -0.2) is 9.80 Å². The number of anilines is 1. The number of thiocarbonyl (C=S) groups is 1. The average Bonchev–Trinajstić information content (AvgIpc) is 2.65. The van der Waals surface area contributed by atoms with Crippen LogP contribution in [0.15, 0.2) is 65.8 Å². The third-order valence-electron chi connectivity index (χ3n) is 3.51. The maximum absolute atomic E-state index is 11.8. The number of nitrogens with one attached hydrogen (secondary N) is 1. The van der Waals surface area contributed by atoms with Crippen LogP contribution < -0.4 is 11.1 Å². The first-order chi connectivity index (χ1) is 12.6. The molecule has 0 heterocycles. The van der Waals surface area contributed by atoms with Crippen LogP contribution in [0.25, 0.3) is 0 Å². The number of hydrogen-bond acceptors (Lipinski definition) is 4. The van der Waals surface area contributed by atoms with Gasteiger partial charge in [-0.1, -0.05) is 48.5 Å². The first-order valence-corrected chi connectivity index (χ1v) is 8.62. The summed E-state index contributed by atoms with van der Waals surface area (Å²) in [6.07, 6.45) is 0.770. The topological polar surface area (TPSA) is 80.0 Å². The summed E-state index contributed by atoms with van der Waals surface area (Å²) >= 11 is 4.94. The van der Waals surface area contributed by atoms with Crippen LogP contribution in [0.4, 0.5) is 10.5 Å². The number of rotatable bonds is 7. The third kappa shape index (κ3) is 6.52. The van der Waals surface area contributed by atoms with E-state index in [1.54, 1.807) is 19.2 Å². The highest BCUT2D eigenvalue weighted by Gasteiger charge is 2.08. The van der Waals surface area contributed by atoms with Gasteiger partial charge in [-0.2, -0.15) is 5.10 Å². The molecule has 0 aliphatic carbocycles. The molecule has 0 radical (unpaired) electrons. The van der Waals surface area contributed by atoms with Crippen LogP contribution in [0.5, 0.6) is 0 Å². The monoisotopic (exact) mass is 370 g/mol. The summed E-state index contributed by atoms with van der Waals surface area (Å²) in [4.78, 5) is 11.8. The Labute approximate surface area is 158 Å². The highest BCUT2D eigenvalue weighted by molar-refractivity contribution is 7.80. The van der Waals surface area contributed by atoms with Crippen LogP contribution in [0, 0.1) is 0 Å². The van der Waals surface area contributed by atoms with E-state index in [2.05, 4.69) is 10.4 Å². The number of benzene rings is 2. The van der Waals surface area contributed by atoms with E-state index >= 15 is 0 Å². The zero-order valence-electron chi connectivity index (χ0n) is 14.6. The Morgan fingerprint density at radius 3 is 2.38 bits per heavy atom. The molecular formula is C19H22N4O2S. The molecule has 6 nitrogen and oxygen atoms in total. The van der Waals surface area contributed by atoms with Crippen molar-refractivity contribution in [3.05, 3.63) is 66.2 Å². The van der Waals surface area contributed by atoms with Crippen LogP contribution in [-0.2, 0) is 4.74 Å². The van der Waals surface area contributed by atoms with Crippen LogP contribution in [0.2, 0.25) is 0 Å². The number of carbonyl (C=O) groups is 1. The first kappa shape index (κ1) is 19.4. The second kappa shape index (κ2) is 10.1. The molecule has 0 atom stereocenters. The minimum absolute atomic E-state index is 0.192. The Morgan fingerprint density at radius 2 is 1.77 bits per heavy atom. The second-order valence-corrected chi connectivity index (χ2v) is 5.92. The van der Waals surface area contributed by atoms with E-state index in [1.807, 2.05) is 48.5 Å². The fraction of sp³-hybridized carbons (Fsp3) is 0.211. The summed E-state index contributed by atoms with van der Waals surface area (Å²) in [7, 11) is 1.70. The lowest BCUT2D eigenvalue weighted by molar-refractivity contribution is 0.161. The minimum atomic E-state index is -0.477. The van der Waals surface area contributed by atoms with Crippen LogP contribution in [0.3, 0.4) is 0 Å². The van der Waals surface area contributed by atoms with Gasteiger partial charge < -0.3 is 10.5 Å². The lowest BCUT2D eigenvalue weighted by atomic mass is 10.1. The molecule has 2 aromatic carbocycles. The number of para-hydroxylation sites is 1. The molecule has 0 fully saturated rings. The Hall–Kier alpha value is -2.93. The molecule has 0 saturated carbocycles. The summed E-state index contributed by atoms with van der Waals surface area (Å²) in [6, 6.07) is 18.9. The second-order valence-electron chi connectivity index (χ2n) is 5.51. The molecule has 136 valence electrons. The van der Waals surface area contributed by atoms with Gasteiger partial charge in [0.05, 0.1) is 12.3 Å². The number of nitrogens with two attached hydrogens (primary N) is 1.